The van der Waals surface area contributed by atoms with Crippen molar-refractivity contribution in [1.82, 2.24) is 15.2 Å². The molecule has 2 N–H and O–H groups in total. The fraction of sp³-hybridized carbons (Fsp3) is 0.250. The van der Waals surface area contributed by atoms with Gasteiger partial charge in [0.25, 0.3) is 11.6 Å². The maximum atomic E-state index is 12.0. The number of anilines is 1. The monoisotopic (exact) mass is 309 g/mol. The second kappa shape index (κ2) is 5.88. The van der Waals surface area contributed by atoms with E-state index in [2.05, 4.69) is 20.5 Å². The zero-order valence-corrected chi connectivity index (χ0v) is 12.0. The molecule has 1 heterocycles. The molecule has 0 radical (unpaired) electrons. The fourth-order valence-corrected chi connectivity index (χ4v) is 1.81. The first-order valence-corrected chi connectivity index (χ1v) is 6.44. The molecule has 0 unspecified atom stereocenters. The first-order chi connectivity index (χ1) is 9.88. The molecule has 0 fully saturated rings. The summed E-state index contributed by atoms with van der Waals surface area (Å²) in [5.41, 5.74) is -0.0743. The first-order valence-electron chi connectivity index (χ1n) is 6.06. The van der Waals surface area contributed by atoms with Gasteiger partial charge in [0.2, 0.25) is 5.95 Å². The van der Waals surface area contributed by atoms with E-state index in [-0.39, 0.29) is 28.1 Å². The number of nitrogens with zero attached hydrogens (tertiary/aromatic N) is 3. The summed E-state index contributed by atoms with van der Waals surface area (Å²) in [6.07, 6.45) is 0. The van der Waals surface area contributed by atoms with Crippen LogP contribution in [0.2, 0.25) is 5.02 Å². The summed E-state index contributed by atoms with van der Waals surface area (Å²) < 4.78 is 0. The van der Waals surface area contributed by atoms with Crippen LogP contribution in [0.1, 0.15) is 35.9 Å². The van der Waals surface area contributed by atoms with Crippen molar-refractivity contribution in [2.45, 2.75) is 19.8 Å². The number of aromatic nitrogens is 3. The summed E-state index contributed by atoms with van der Waals surface area (Å²) in [5, 5.41) is 19.6. The van der Waals surface area contributed by atoms with E-state index in [9.17, 15) is 14.9 Å². The van der Waals surface area contributed by atoms with Gasteiger partial charge in [-0.1, -0.05) is 25.4 Å². The molecule has 0 saturated carbocycles. The summed E-state index contributed by atoms with van der Waals surface area (Å²) in [5.74, 6) is 0.434. The van der Waals surface area contributed by atoms with Crippen LogP contribution in [0.15, 0.2) is 18.2 Å². The molecule has 0 aliphatic rings. The van der Waals surface area contributed by atoms with Crippen molar-refractivity contribution in [3.05, 3.63) is 44.7 Å². The third kappa shape index (κ3) is 3.34. The molecule has 9 heteroatoms. The van der Waals surface area contributed by atoms with Crippen molar-refractivity contribution in [3.63, 3.8) is 0 Å². The number of nitro groups is 1. The summed E-state index contributed by atoms with van der Waals surface area (Å²) in [4.78, 5) is 26.1. The van der Waals surface area contributed by atoms with Gasteiger partial charge in [-0.3, -0.25) is 25.3 Å². The van der Waals surface area contributed by atoms with Crippen molar-refractivity contribution >= 4 is 29.1 Å². The van der Waals surface area contributed by atoms with Crippen LogP contribution in [0.4, 0.5) is 11.6 Å². The van der Waals surface area contributed by atoms with Crippen molar-refractivity contribution < 1.29 is 9.72 Å². The quantitative estimate of drug-likeness (QED) is 0.665. The predicted octanol–water partition coefficient (Wildman–Crippen LogP) is 2.74. The summed E-state index contributed by atoms with van der Waals surface area (Å²) in [6, 6.07) is 3.72. The number of carbonyl (C=O) groups excluding carboxylic acids is 1. The second-order valence-corrected chi connectivity index (χ2v) is 4.98. The van der Waals surface area contributed by atoms with Gasteiger partial charge in [-0.2, -0.15) is 4.98 Å². The van der Waals surface area contributed by atoms with Gasteiger partial charge in [0.15, 0.2) is 0 Å². The molecule has 110 valence electrons. The summed E-state index contributed by atoms with van der Waals surface area (Å²) in [7, 11) is 0. The lowest BCUT2D eigenvalue weighted by molar-refractivity contribution is -0.384. The lowest BCUT2D eigenvalue weighted by atomic mass is 10.2. The average molecular weight is 310 g/mol. The topological polar surface area (TPSA) is 114 Å². The van der Waals surface area contributed by atoms with Crippen LogP contribution in [-0.4, -0.2) is 26.0 Å². The fourth-order valence-electron chi connectivity index (χ4n) is 1.56. The Morgan fingerprint density at radius 1 is 1.48 bits per heavy atom. The summed E-state index contributed by atoms with van der Waals surface area (Å²) in [6.45, 7) is 3.87. The molecule has 0 bridgehead atoms. The standard InChI is InChI=1S/C12H12ClN5O3/c1-6(2)10-14-12(17-16-10)15-11(19)7-3-4-9(18(20)21)8(13)5-7/h3-6H,1-2H3,(H2,14,15,16,17,19). The Labute approximate surface area is 124 Å². The van der Waals surface area contributed by atoms with Gasteiger partial charge in [0.1, 0.15) is 10.8 Å². The van der Waals surface area contributed by atoms with Gasteiger partial charge in [0.05, 0.1) is 4.92 Å². The Morgan fingerprint density at radius 3 is 2.71 bits per heavy atom. The minimum absolute atomic E-state index is 0.106. The molecule has 0 atom stereocenters. The normalized spacial score (nSPS) is 10.7. The van der Waals surface area contributed by atoms with Crippen LogP contribution in [0.5, 0.6) is 0 Å². The maximum absolute atomic E-state index is 12.0. The van der Waals surface area contributed by atoms with E-state index in [0.717, 1.165) is 0 Å². The molecule has 1 amide bonds. The predicted molar refractivity (Wildman–Crippen MR) is 76.5 cm³/mol. The van der Waals surface area contributed by atoms with Gasteiger partial charge in [0, 0.05) is 17.5 Å². The first kappa shape index (κ1) is 14.9. The van der Waals surface area contributed by atoms with Crippen LogP contribution in [-0.2, 0) is 0 Å². The number of hydrogen-bond acceptors (Lipinski definition) is 5. The van der Waals surface area contributed by atoms with Crippen molar-refractivity contribution in [2.75, 3.05) is 5.32 Å². The number of nitrogens with one attached hydrogen (secondary N) is 2. The molecule has 0 spiro atoms. The highest BCUT2D eigenvalue weighted by Crippen LogP contribution is 2.25. The van der Waals surface area contributed by atoms with Crippen LogP contribution in [0.25, 0.3) is 0 Å². The molecule has 0 aliphatic heterocycles. The number of hydrogen-bond donors (Lipinski definition) is 2. The third-order valence-corrected chi connectivity index (χ3v) is 2.98. The number of benzene rings is 1. The Hall–Kier alpha value is -2.48. The van der Waals surface area contributed by atoms with E-state index in [4.69, 9.17) is 11.6 Å². The van der Waals surface area contributed by atoms with E-state index in [1.54, 1.807) is 0 Å². The number of H-pyrrole nitrogens is 1. The molecule has 21 heavy (non-hydrogen) atoms. The minimum Gasteiger partial charge on any atom is -0.289 e. The number of amides is 1. The molecule has 1 aromatic carbocycles. The highest BCUT2D eigenvalue weighted by molar-refractivity contribution is 6.33. The Balaban J connectivity index is 2.16. The number of rotatable bonds is 4. The van der Waals surface area contributed by atoms with Crippen molar-refractivity contribution in [1.29, 1.82) is 0 Å². The largest absolute Gasteiger partial charge is 0.289 e. The van der Waals surface area contributed by atoms with Gasteiger partial charge in [-0.05, 0) is 12.1 Å². The highest BCUT2D eigenvalue weighted by Gasteiger charge is 2.16. The molecular formula is C12H12ClN5O3. The van der Waals surface area contributed by atoms with Crippen molar-refractivity contribution in [3.8, 4) is 0 Å². The van der Waals surface area contributed by atoms with Crippen LogP contribution < -0.4 is 5.32 Å². The van der Waals surface area contributed by atoms with Gasteiger partial charge >= 0.3 is 0 Å². The third-order valence-electron chi connectivity index (χ3n) is 2.68. The van der Waals surface area contributed by atoms with E-state index in [1.807, 2.05) is 13.8 Å². The lowest BCUT2D eigenvalue weighted by Gasteiger charge is -2.02. The Bertz CT molecular complexity index is 698. The minimum atomic E-state index is -0.617. The van der Waals surface area contributed by atoms with E-state index in [0.29, 0.717) is 5.82 Å². The zero-order valence-electron chi connectivity index (χ0n) is 11.3. The smallest absolute Gasteiger partial charge is 0.287 e. The number of carbonyl (C=O) groups is 1. The average Bonchev–Trinajstić information content (AvgIpc) is 2.86. The zero-order chi connectivity index (χ0) is 15.6. The van der Waals surface area contributed by atoms with Gasteiger partial charge < -0.3 is 0 Å². The van der Waals surface area contributed by atoms with E-state index in [1.165, 1.54) is 18.2 Å². The lowest BCUT2D eigenvalue weighted by Crippen LogP contribution is -2.13. The maximum Gasteiger partial charge on any atom is 0.287 e. The molecule has 1 aromatic heterocycles. The van der Waals surface area contributed by atoms with Gasteiger partial charge in [-0.25, -0.2) is 0 Å². The molecule has 8 nitrogen and oxygen atoms in total. The SMILES string of the molecule is CC(C)c1nc(NC(=O)c2ccc([N+](=O)[O-])c(Cl)c2)n[nH]1. The number of halogens is 1. The molecule has 2 aromatic rings. The van der Waals surface area contributed by atoms with Crippen molar-refractivity contribution in [2.24, 2.45) is 0 Å². The van der Waals surface area contributed by atoms with Crippen LogP contribution in [0.3, 0.4) is 0 Å². The number of aromatic amines is 1. The molecular weight excluding hydrogens is 298 g/mol. The second-order valence-electron chi connectivity index (χ2n) is 4.58. The highest BCUT2D eigenvalue weighted by atomic mass is 35.5. The Morgan fingerprint density at radius 2 is 2.19 bits per heavy atom. The van der Waals surface area contributed by atoms with Crippen LogP contribution >= 0.6 is 11.6 Å². The Kier molecular flexibility index (Phi) is 4.18. The number of nitro benzene ring substituents is 1. The van der Waals surface area contributed by atoms with Crippen LogP contribution in [0, 0.1) is 10.1 Å². The molecule has 0 saturated heterocycles. The summed E-state index contributed by atoms with van der Waals surface area (Å²) >= 11 is 5.76. The van der Waals surface area contributed by atoms with Gasteiger partial charge in [-0.15, -0.1) is 5.10 Å². The van der Waals surface area contributed by atoms with E-state index >= 15 is 0 Å². The van der Waals surface area contributed by atoms with E-state index < -0.39 is 10.8 Å². The molecule has 0 aliphatic carbocycles. The molecule has 2 rings (SSSR count).